The Morgan fingerprint density at radius 1 is 1.06 bits per heavy atom. The van der Waals surface area contributed by atoms with E-state index in [2.05, 4.69) is 12.1 Å². The van der Waals surface area contributed by atoms with Gasteiger partial charge in [0.25, 0.3) is 0 Å². The second-order valence-corrected chi connectivity index (χ2v) is 7.43. The Labute approximate surface area is 110 Å². The van der Waals surface area contributed by atoms with Crippen LogP contribution in [-0.2, 0) is 19.7 Å². The van der Waals surface area contributed by atoms with E-state index in [1.165, 1.54) is 5.56 Å². The lowest BCUT2D eigenvalue weighted by Gasteiger charge is -2.32. The topological polar surface area (TPSA) is 53.7 Å². The maximum absolute atomic E-state index is 5.70. The van der Waals surface area contributed by atoms with Crippen molar-refractivity contribution in [2.24, 2.45) is 5.73 Å². The van der Waals surface area contributed by atoms with Crippen LogP contribution in [-0.4, -0.2) is 36.7 Å². The molecule has 0 saturated carbocycles. The second kappa shape index (κ2) is 7.65. The molecule has 2 N–H and O–H groups in total. The molecule has 0 aliphatic heterocycles. The highest BCUT2D eigenvalue weighted by molar-refractivity contribution is 6.62. The summed E-state index contributed by atoms with van der Waals surface area (Å²) in [4.78, 5) is 0. The molecule has 102 valence electrons. The zero-order valence-corrected chi connectivity index (χ0v) is 12.4. The molecule has 1 atom stereocenters. The summed E-state index contributed by atoms with van der Waals surface area (Å²) in [5, 5.41) is 0. The molecule has 0 radical (unpaired) electrons. The van der Waals surface area contributed by atoms with Gasteiger partial charge in [-0.25, -0.2) is 0 Å². The first kappa shape index (κ1) is 15.3. The highest BCUT2D eigenvalue weighted by Crippen LogP contribution is 2.30. The van der Waals surface area contributed by atoms with E-state index in [1.54, 1.807) is 21.3 Å². The van der Waals surface area contributed by atoms with Gasteiger partial charge in [0.2, 0.25) is 0 Å². The number of rotatable bonds is 8. The summed E-state index contributed by atoms with van der Waals surface area (Å²) in [6.45, 7) is 0.600. The third-order valence-corrected chi connectivity index (χ3v) is 6.39. The predicted molar refractivity (Wildman–Crippen MR) is 74.3 cm³/mol. The fraction of sp³-hybridized carbons (Fsp3) is 0.538. The van der Waals surface area contributed by atoms with Gasteiger partial charge in [-0.05, 0) is 24.9 Å². The predicted octanol–water partition coefficient (Wildman–Crippen LogP) is 1.83. The molecular weight excluding hydrogens is 246 g/mol. The summed E-state index contributed by atoms with van der Waals surface area (Å²) in [6, 6.07) is 10.3. The van der Waals surface area contributed by atoms with Crippen molar-refractivity contribution in [2.45, 2.75) is 18.4 Å². The van der Waals surface area contributed by atoms with Crippen molar-refractivity contribution in [3.63, 3.8) is 0 Å². The maximum atomic E-state index is 5.70. The lowest BCUT2D eigenvalue weighted by molar-refractivity contribution is 0.109. The first-order valence-corrected chi connectivity index (χ1v) is 7.92. The molecule has 1 rings (SSSR count). The molecule has 0 bridgehead atoms. The van der Waals surface area contributed by atoms with Gasteiger partial charge in [0.05, 0.1) is 0 Å². The third kappa shape index (κ3) is 3.63. The van der Waals surface area contributed by atoms with Crippen LogP contribution in [0.3, 0.4) is 0 Å². The van der Waals surface area contributed by atoms with Gasteiger partial charge in [0, 0.05) is 26.9 Å². The largest absolute Gasteiger partial charge is 0.503 e. The molecule has 0 aromatic heterocycles. The zero-order chi connectivity index (χ0) is 13.4. The Bertz CT molecular complexity index is 322. The van der Waals surface area contributed by atoms with Crippen LogP contribution in [0.4, 0.5) is 0 Å². The van der Waals surface area contributed by atoms with Crippen molar-refractivity contribution < 1.29 is 13.3 Å². The minimum atomic E-state index is -2.63. The van der Waals surface area contributed by atoms with Gasteiger partial charge in [-0.3, -0.25) is 0 Å². The lowest BCUT2D eigenvalue weighted by Crippen LogP contribution is -2.49. The van der Waals surface area contributed by atoms with Crippen molar-refractivity contribution in [2.75, 3.05) is 27.9 Å². The Morgan fingerprint density at radius 2 is 1.61 bits per heavy atom. The van der Waals surface area contributed by atoms with E-state index in [0.717, 1.165) is 12.8 Å². The van der Waals surface area contributed by atoms with Crippen molar-refractivity contribution in [3.05, 3.63) is 35.9 Å². The molecule has 0 saturated heterocycles. The molecule has 0 aliphatic carbocycles. The van der Waals surface area contributed by atoms with Crippen LogP contribution in [0.5, 0.6) is 0 Å². The van der Waals surface area contributed by atoms with Crippen LogP contribution in [0.15, 0.2) is 30.3 Å². The van der Waals surface area contributed by atoms with Crippen molar-refractivity contribution in [1.82, 2.24) is 0 Å². The van der Waals surface area contributed by atoms with Gasteiger partial charge in [-0.2, -0.15) is 0 Å². The van der Waals surface area contributed by atoms with E-state index in [9.17, 15) is 0 Å². The first-order valence-electron chi connectivity index (χ1n) is 6.11. The second-order valence-electron chi connectivity index (χ2n) is 4.18. The van der Waals surface area contributed by atoms with Gasteiger partial charge in [-0.1, -0.05) is 30.3 Å². The Balaban J connectivity index is 2.87. The Hall–Kier alpha value is -0.723. The molecule has 1 unspecified atom stereocenters. The van der Waals surface area contributed by atoms with Crippen LogP contribution in [0, 0.1) is 0 Å². The van der Waals surface area contributed by atoms with E-state index in [0.29, 0.717) is 6.54 Å². The van der Waals surface area contributed by atoms with E-state index in [1.807, 2.05) is 18.2 Å². The number of hydrogen-bond acceptors (Lipinski definition) is 4. The minimum Gasteiger partial charge on any atom is -0.377 e. The quantitative estimate of drug-likeness (QED) is 0.732. The SMILES string of the molecule is CO[Si](OC)(OC)C(CCN)Cc1ccccc1. The van der Waals surface area contributed by atoms with Crippen molar-refractivity contribution >= 4 is 8.80 Å². The average Bonchev–Trinajstić information content (AvgIpc) is 2.43. The average molecular weight is 269 g/mol. The highest BCUT2D eigenvalue weighted by Gasteiger charge is 2.46. The number of benzene rings is 1. The molecule has 0 fully saturated rings. The lowest BCUT2D eigenvalue weighted by atomic mass is 10.1. The summed E-state index contributed by atoms with van der Waals surface area (Å²) in [6.07, 6.45) is 1.69. The molecule has 0 aliphatic rings. The van der Waals surface area contributed by atoms with Crippen LogP contribution in [0.25, 0.3) is 0 Å². The molecule has 5 heteroatoms. The molecule has 0 heterocycles. The van der Waals surface area contributed by atoms with Crippen LogP contribution in [0.2, 0.25) is 5.54 Å². The first-order chi connectivity index (χ1) is 8.72. The fourth-order valence-corrected chi connectivity index (χ4v) is 4.76. The highest BCUT2D eigenvalue weighted by atomic mass is 28.4. The van der Waals surface area contributed by atoms with Gasteiger partial charge >= 0.3 is 8.80 Å². The van der Waals surface area contributed by atoms with E-state index < -0.39 is 8.80 Å². The summed E-state index contributed by atoms with van der Waals surface area (Å²) < 4.78 is 16.7. The van der Waals surface area contributed by atoms with Crippen LogP contribution in [0.1, 0.15) is 12.0 Å². The Morgan fingerprint density at radius 3 is 2.06 bits per heavy atom. The van der Waals surface area contributed by atoms with Gasteiger partial charge in [0.15, 0.2) is 0 Å². The number of hydrogen-bond donors (Lipinski definition) is 1. The third-order valence-electron chi connectivity index (χ3n) is 3.19. The van der Waals surface area contributed by atoms with Crippen molar-refractivity contribution in [3.8, 4) is 0 Å². The van der Waals surface area contributed by atoms with Gasteiger partial charge in [-0.15, -0.1) is 0 Å². The zero-order valence-electron chi connectivity index (χ0n) is 11.4. The summed E-state index contributed by atoms with van der Waals surface area (Å²) in [5.74, 6) is 0. The van der Waals surface area contributed by atoms with E-state index in [-0.39, 0.29) is 5.54 Å². The van der Waals surface area contributed by atoms with Crippen LogP contribution >= 0.6 is 0 Å². The smallest absolute Gasteiger partial charge is 0.377 e. The van der Waals surface area contributed by atoms with Crippen molar-refractivity contribution in [1.29, 1.82) is 0 Å². The standard InChI is InChI=1S/C13H23NO3Si/c1-15-18(16-2,17-3)13(9-10-14)11-12-7-5-4-6-8-12/h4-8,13H,9-11,14H2,1-3H3. The van der Waals surface area contributed by atoms with E-state index >= 15 is 0 Å². The van der Waals surface area contributed by atoms with Gasteiger partial charge in [0.1, 0.15) is 0 Å². The summed E-state index contributed by atoms with van der Waals surface area (Å²) in [5.41, 5.74) is 7.13. The molecule has 1 aromatic carbocycles. The van der Waals surface area contributed by atoms with E-state index in [4.69, 9.17) is 19.0 Å². The molecular formula is C13H23NO3Si. The molecule has 0 spiro atoms. The van der Waals surface area contributed by atoms with Gasteiger partial charge < -0.3 is 19.0 Å². The van der Waals surface area contributed by atoms with Crippen LogP contribution < -0.4 is 5.73 Å². The molecule has 18 heavy (non-hydrogen) atoms. The monoisotopic (exact) mass is 269 g/mol. The normalized spacial score (nSPS) is 13.6. The summed E-state index contributed by atoms with van der Waals surface area (Å²) in [7, 11) is 2.31. The fourth-order valence-electron chi connectivity index (χ4n) is 2.25. The molecule has 0 amide bonds. The molecule has 4 nitrogen and oxygen atoms in total. The maximum Gasteiger partial charge on any atom is 0.503 e. The number of nitrogens with two attached hydrogens (primary N) is 1. The minimum absolute atomic E-state index is 0.185. The summed E-state index contributed by atoms with van der Waals surface area (Å²) >= 11 is 0. The molecule has 1 aromatic rings. The Kier molecular flexibility index (Phi) is 6.52.